The topological polar surface area (TPSA) is 46.3 Å². The first-order valence-corrected chi connectivity index (χ1v) is 8.69. The molecular formula is C21H24N2O2. The van der Waals surface area contributed by atoms with Crippen molar-refractivity contribution in [3.8, 4) is 11.5 Å². The number of hydrogen-bond acceptors (Lipinski definition) is 3. The van der Waals surface area contributed by atoms with Gasteiger partial charge >= 0.3 is 0 Å². The predicted octanol–water partition coefficient (Wildman–Crippen LogP) is 4.04. The fourth-order valence-corrected chi connectivity index (χ4v) is 4.08. The molecule has 130 valence electrons. The first-order chi connectivity index (χ1) is 12.1. The number of rotatable bonds is 3. The summed E-state index contributed by atoms with van der Waals surface area (Å²) in [5, 5.41) is 4.92. The Morgan fingerprint density at radius 2 is 1.88 bits per heavy atom. The molecule has 3 aromatic rings. The van der Waals surface area contributed by atoms with E-state index in [1.54, 1.807) is 14.2 Å². The van der Waals surface area contributed by atoms with E-state index in [9.17, 15) is 0 Å². The monoisotopic (exact) mass is 336 g/mol. The molecule has 4 rings (SSSR count). The van der Waals surface area contributed by atoms with E-state index < -0.39 is 0 Å². The van der Waals surface area contributed by atoms with Gasteiger partial charge in [0.15, 0.2) is 0 Å². The molecule has 2 aromatic carbocycles. The van der Waals surface area contributed by atoms with Crippen LogP contribution in [0.3, 0.4) is 0 Å². The highest BCUT2D eigenvalue weighted by atomic mass is 16.5. The molecule has 0 aliphatic carbocycles. The lowest BCUT2D eigenvalue weighted by Gasteiger charge is -2.27. The maximum atomic E-state index is 5.74. The molecular weight excluding hydrogens is 312 g/mol. The molecule has 1 aliphatic rings. The van der Waals surface area contributed by atoms with Crippen LogP contribution in [0.4, 0.5) is 0 Å². The summed E-state index contributed by atoms with van der Waals surface area (Å²) in [5.74, 6) is 1.86. The van der Waals surface area contributed by atoms with Crippen molar-refractivity contribution in [2.24, 2.45) is 0 Å². The van der Waals surface area contributed by atoms with Crippen LogP contribution in [0, 0.1) is 13.8 Å². The van der Waals surface area contributed by atoms with E-state index >= 15 is 0 Å². The van der Waals surface area contributed by atoms with Gasteiger partial charge in [-0.1, -0.05) is 17.7 Å². The minimum Gasteiger partial charge on any atom is -0.497 e. The van der Waals surface area contributed by atoms with E-state index in [-0.39, 0.29) is 6.04 Å². The smallest absolute Gasteiger partial charge is 0.126 e. The van der Waals surface area contributed by atoms with Gasteiger partial charge in [-0.3, -0.25) is 0 Å². The second-order valence-electron chi connectivity index (χ2n) is 6.77. The van der Waals surface area contributed by atoms with Gasteiger partial charge in [-0.05, 0) is 49.6 Å². The molecule has 25 heavy (non-hydrogen) atoms. The zero-order chi connectivity index (χ0) is 17.6. The molecule has 1 aromatic heterocycles. The molecule has 0 spiro atoms. The Kier molecular flexibility index (Phi) is 3.92. The standard InChI is InChI=1S/C21H24N2O2/c1-12-9-13(2)21(25-4)17(10-12)19-20-15(7-8-22-19)16-11-14(24-3)5-6-18(16)23-20/h5-6,9-11,19,22-23H,7-8H2,1-4H3. The van der Waals surface area contributed by atoms with Crippen LogP contribution >= 0.6 is 0 Å². The van der Waals surface area contributed by atoms with Gasteiger partial charge in [-0.15, -0.1) is 0 Å². The first-order valence-electron chi connectivity index (χ1n) is 8.69. The number of H-pyrrole nitrogens is 1. The summed E-state index contributed by atoms with van der Waals surface area (Å²) in [6, 6.07) is 10.7. The van der Waals surface area contributed by atoms with Gasteiger partial charge in [-0.2, -0.15) is 0 Å². The summed E-state index contributed by atoms with van der Waals surface area (Å²) in [5.41, 5.74) is 7.38. The van der Waals surface area contributed by atoms with Crippen LogP contribution in [-0.4, -0.2) is 25.7 Å². The number of methoxy groups -OCH3 is 2. The third kappa shape index (κ3) is 2.57. The normalized spacial score (nSPS) is 16.7. The number of ether oxygens (including phenoxy) is 2. The van der Waals surface area contributed by atoms with Crippen molar-refractivity contribution in [1.29, 1.82) is 0 Å². The van der Waals surface area contributed by atoms with Gasteiger partial charge in [0.1, 0.15) is 11.5 Å². The Bertz CT molecular complexity index is 943. The Morgan fingerprint density at radius 1 is 1.04 bits per heavy atom. The highest BCUT2D eigenvalue weighted by molar-refractivity contribution is 5.86. The van der Waals surface area contributed by atoms with E-state index in [0.29, 0.717) is 0 Å². The van der Waals surface area contributed by atoms with E-state index in [1.165, 1.54) is 33.3 Å². The zero-order valence-corrected chi connectivity index (χ0v) is 15.2. The quantitative estimate of drug-likeness (QED) is 0.759. The van der Waals surface area contributed by atoms with Crippen LogP contribution in [0.2, 0.25) is 0 Å². The summed E-state index contributed by atoms with van der Waals surface area (Å²) < 4.78 is 11.1. The van der Waals surface area contributed by atoms with Gasteiger partial charge in [0.25, 0.3) is 0 Å². The van der Waals surface area contributed by atoms with Crippen molar-refractivity contribution in [2.75, 3.05) is 20.8 Å². The van der Waals surface area contributed by atoms with Crippen LogP contribution in [0.25, 0.3) is 10.9 Å². The number of aromatic amines is 1. The lowest BCUT2D eigenvalue weighted by molar-refractivity contribution is 0.398. The molecule has 0 bridgehead atoms. The zero-order valence-electron chi connectivity index (χ0n) is 15.2. The van der Waals surface area contributed by atoms with Crippen LogP contribution in [-0.2, 0) is 6.42 Å². The Balaban J connectivity index is 1.91. The van der Waals surface area contributed by atoms with Crippen molar-refractivity contribution in [3.05, 3.63) is 58.3 Å². The molecule has 1 atom stereocenters. The molecule has 0 amide bonds. The Morgan fingerprint density at radius 3 is 2.64 bits per heavy atom. The molecule has 1 aliphatic heterocycles. The highest BCUT2D eigenvalue weighted by Gasteiger charge is 2.28. The summed E-state index contributed by atoms with van der Waals surface area (Å²) in [4.78, 5) is 3.63. The van der Waals surface area contributed by atoms with Crippen LogP contribution < -0.4 is 14.8 Å². The fraction of sp³-hybridized carbons (Fsp3) is 0.333. The van der Waals surface area contributed by atoms with E-state index in [4.69, 9.17) is 9.47 Å². The predicted molar refractivity (Wildman–Crippen MR) is 101 cm³/mol. The SMILES string of the molecule is COc1ccc2[nH]c3c(c2c1)CCNC3c1cc(C)cc(C)c1OC. The van der Waals surface area contributed by atoms with Crippen molar-refractivity contribution >= 4 is 10.9 Å². The van der Waals surface area contributed by atoms with Crippen LogP contribution in [0.15, 0.2) is 30.3 Å². The minimum absolute atomic E-state index is 0.107. The largest absolute Gasteiger partial charge is 0.497 e. The molecule has 2 heterocycles. The Labute approximate surface area is 148 Å². The van der Waals surface area contributed by atoms with Gasteiger partial charge in [0, 0.05) is 28.7 Å². The van der Waals surface area contributed by atoms with Gasteiger partial charge < -0.3 is 19.8 Å². The molecule has 0 saturated heterocycles. The van der Waals surface area contributed by atoms with Gasteiger partial charge in [-0.25, -0.2) is 0 Å². The van der Waals surface area contributed by atoms with Crippen molar-refractivity contribution in [3.63, 3.8) is 0 Å². The lowest BCUT2D eigenvalue weighted by Crippen LogP contribution is -2.30. The second kappa shape index (κ2) is 6.12. The van der Waals surface area contributed by atoms with Gasteiger partial charge in [0.2, 0.25) is 0 Å². The summed E-state index contributed by atoms with van der Waals surface area (Å²) in [6.45, 7) is 5.18. The summed E-state index contributed by atoms with van der Waals surface area (Å²) in [7, 11) is 3.46. The van der Waals surface area contributed by atoms with Crippen LogP contribution in [0.5, 0.6) is 11.5 Å². The number of nitrogens with one attached hydrogen (secondary N) is 2. The molecule has 0 radical (unpaired) electrons. The van der Waals surface area contributed by atoms with Gasteiger partial charge in [0.05, 0.1) is 20.3 Å². The van der Waals surface area contributed by atoms with Crippen molar-refractivity contribution < 1.29 is 9.47 Å². The third-order valence-corrected chi connectivity index (χ3v) is 5.12. The molecule has 0 fully saturated rings. The number of fused-ring (bicyclic) bond motifs is 3. The summed E-state index contributed by atoms with van der Waals surface area (Å²) >= 11 is 0. The number of aryl methyl sites for hydroxylation is 2. The number of benzene rings is 2. The number of aromatic nitrogens is 1. The van der Waals surface area contributed by atoms with E-state index in [1.807, 2.05) is 6.07 Å². The molecule has 0 saturated carbocycles. The third-order valence-electron chi connectivity index (χ3n) is 5.12. The maximum absolute atomic E-state index is 5.74. The highest BCUT2D eigenvalue weighted by Crippen LogP contribution is 2.39. The lowest BCUT2D eigenvalue weighted by atomic mass is 9.91. The van der Waals surface area contributed by atoms with Crippen molar-refractivity contribution in [2.45, 2.75) is 26.3 Å². The average Bonchev–Trinajstić information content (AvgIpc) is 2.98. The molecule has 1 unspecified atom stereocenters. The fourth-order valence-electron chi connectivity index (χ4n) is 4.08. The Hall–Kier alpha value is -2.46. The summed E-state index contributed by atoms with van der Waals surface area (Å²) in [6.07, 6.45) is 1.01. The molecule has 2 N–H and O–H groups in total. The van der Waals surface area contributed by atoms with E-state index in [2.05, 4.69) is 48.4 Å². The van der Waals surface area contributed by atoms with Crippen LogP contribution in [0.1, 0.15) is 34.0 Å². The average molecular weight is 336 g/mol. The second-order valence-corrected chi connectivity index (χ2v) is 6.77. The van der Waals surface area contributed by atoms with E-state index in [0.717, 1.165) is 30.0 Å². The first kappa shape index (κ1) is 16.0. The maximum Gasteiger partial charge on any atom is 0.126 e. The van der Waals surface area contributed by atoms with Crippen molar-refractivity contribution in [1.82, 2.24) is 10.3 Å². The minimum atomic E-state index is 0.107. The molecule has 4 heteroatoms. The molecule has 4 nitrogen and oxygen atoms in total. The number of hydrogen-bond donors (Lipinski definition) is 2.